The number of hydrogen-bond donors (Lipinski definition) is 0. The van der Waals surface area contributed by atoms with Gasteiger partial charge >= 0.3 is 17.9 Å². The highest BCUT2D eigenvalue weighted by molar-refractivity contribution is 5.71. The summed E-state index contributed by atoms with van der Waals surface area (Å²) >= 11 is 0. The van der Waals surface area contributed by atoms with Crippen molar-refractivity contribution in [1.82, 2.24) is 0 Å². The van der Waals surface area contributed by atoms with Crippen LogP contribution in [0.4, 0.5) is 0 Å². The zero-order chi connectivity index (χ0) is 45.1. The summed E-state index contributed by atoms with van der Waals surface area (Å²) in [5, 5.41) is 0. The van der Waals surface area contributed by atoms with Crippen LogP contribution in [-0.2, 0) is 28.6 Å². The van der Waals surface area contributed by atoms with Gasteiger partial charge in [0.2, 0.25) is 0 Å². The van der Waals surface area contributed by atoms with E-state index in [0.29, 0.717) is 19.3 Å². The van der Waals surface area contributed by atoms with Crippen LogP contribution in [0.3, 0.4) is 0 Å². The zero-order valence-electron chi connectivity index (χ0n) is 40.4. The van der Waals surface area contributed by atoms with E-state index in [1.165, 1.54) is 70.6 Å². The van der Waals surface area contributed by atoms with Crippen LogP contribution in [0, 0.1) is 0 Å². The molecule has 0 aliphatic carbocycles. The maximum absolute atomic E-state index is 12.7. The Balaban J connectivity index is 4.31. The number of esters is 3. The van der Waals surface area contributed by atoms with Crippen molar-refractivity contribution >= 4 is 17.9 Å². The highest BCUT2D eigenvalue weighted by Crippen LogP contribution is 2.13. The Morgan fingerprint density at radius 1 is 0.339 bits per heavy atom. The van der Waals surface area contributed by atoms with E-state index in [9.17, 15) is 14.4 Å². The molecule has 1 atom stereocenters. The molecule has 0 saturated carbocycles. The molecule has 6 heteroatoms. The Labute approximate surface area is 382 Å². The van der Waals surface area contributed by atoms with Crippen LogP contribution < -0.4 is 0 Å². The van der Waals surface area contributed by atoms with Gasteiger partial charge in [0.25, 0.3) is 0 Å². The van der Waals surface area contributed by atoms with Crippen LogP contribution >= 0.6 is 0 Å². The van der Waals surface area contributed by atoms with Crippen LogP contribution in [0.5, 0.6) is 0 Å². The minimum absolute atomic E-state index is 0.0881. The van der Waals surface area contributed by atoms with Crippen molar-refractivity contribution in [3.8, 4) is 0 Å². The first-order valence-corrected chi connectivity index (χ1v) is 25.6. The zero-order valence-corrected chi connectivity index (χ0v) is 40.4. The number of unbranched alkanes of at least 4 members (excludes halogenated alkanes) is 20. The second-order valence-corrected chi connectivity index (χ2v) is 16.7. The predicted molar refractivity (Wildman–Crippen MR) is 265 cm³/mol. The molecule has 354 valence electrons. The maximum Gasteiger partial charge on any atom is 0.306 e. The molecule has 0 radical (unpaired) electrons. The maximum atomic E-state index is 12.7. The van der Waals surface area contributed by atoms with Gasteiger partial charge in [0.1, 0.15) is 13.2 Å². The average molecular weight is 863 g/mol. The van der Waals surface area contributed by atoms with Crippen molar-refractivity contribution in [3.05, 3.63) is 85.1 Å². The van der Waals surface area contributed by atoms with Gasteiger partial charge in [-0.05, 0) is 96.3 Å². The summed E-state index contributed by atoms with van der Waals surface area (Å²) in [6.07, 6.45) is 64.4. The van der Waals surface area contributed by atoms with Gasteiger partial charge < -0.3 is 14.2 Å². The molecule has 0 N–H and O–H groups in total. The summed E-state index contributed by atoms with van der Waals surface area (Å²) < 4.78 is 16.7. The van der Waals surface area contributed by atoms with E-state index in [2.05, 4.69) is 106 Å². The Morgan fingerprint density at radius 2 is 0.629 bits per heavy atom. The van der Waals surface area contributed by atoms with Crippen molar-refractivity contribution in [2.75, 3.05) is 13.2 Å². The molecule has 0 aromatic rings. The van der Waals surface area contributed by atoms with Crippen molar-refractivity contribution in [2.45, 2.75) is 239 Å². The average Bonchev–Trinajstić information content (AvgIpc) is 3.27. The number of hydrogen-bond acceptors (Lipinski definition) is 6. The lowest BCUT2D eigenvalue weighted by atomic mass is 10.1. The minimum atomic E-state index is -0.788. The third-order valence-electron chi connectivity index (χ3n) is 10.6. The summed E-state index contributed by atoms with van der Waals surface area (Å²) in [6.45, 7) is 6.43. The molecule has 0 aliphatic rings. The van der Waals surface area contributed by atoms with Crippen LogP contribution in [0.15, 0.2) is 85.1 Å². The van der Waals surface area contributed by atoms with Gasteiger partial charge in [-0.1, -0.05) is 202 Å². The summed E-state index contributed by atoms with van der Waals surface area (Å²) in [5.74, 6) is -0.932. The quantitative estimate of drug-likeness (QED) is 0.0263. The van der Waals surface area contributed by atoms with E-state index in [-0.39, 0.29) is 31.1 Å². The van der Waals surface area contributed by atoms with E-state index in [1.807, 2.05) is 0 Å². The molecular formula is C56H94O6. The number of allylic oxidation sites excluding steroid dienone is 14. The molecule has 0 aromatic heterocycles. The Bertz CT molecular complexity index is 1220. The largest absolute Gasteiger partial charge is 0.462 e. The topological polar surface area (TPSA) is 78.9 Å². The minimum Gasteiger partial charge on any atom is -0.462 e. The normalized spacial score (nSPS) is 12.8. The first kappa shape index (κ1) is 58.6. The molecule has 0 saturated heterocycles. The summed E-state index contributed by atoms with van der Waals surface area (Å²) in [4.78, 5) is 37.8. The van der Waals surface area contributed by atoms with Gasteiger partial charge in [-0.25, -0.2) is 0 Å². The fraction of sp³-hybridized carbons (Fsp3) is 0.696. The van der Waals surface area contributed by atoms with E-state index in [4.69, 9.17) is 14.2 Å². The SMILES string of the molecule is CC/C=C\C/C=C\C/C=C\C/C=C\C/C=C\C/C=C\CCCCCCC(=O)OCC(COC(=O)CCCCCCCCC)OC(=O)CCCCCCC/C=C\CCCCCCC. The lowest BCUT2D eigenvalue weighted by Gasteiger charge is -2.18. The number of ether oxygens (including phenoxy) is 3. The highest BCUT2D eigenvalue weighted by atomic mass is 16.6. The van der Waals surface area contributed by atoms with Crippen LogP contribution in [0.25, 0.3) is 0 Å². The van der Waals surface area contributed by atoms with Gasteiger partial charge in [0, 0.05) is 19.3 Å². The Hall–Kier alpha value is -3.41. The van der Waals surface area contributed by atoms with E-state index < -0.39 is 6.10 Å². The first-order valence-electron chi connectivity index (χ1n) is 25.6. The summed E-state index contributed by atoms with van der Waals surface area (Å²) in [7, 11) is 0. The fourth-order valence-corrected chi connectivity index (χ4v) is 6.79. The van der Waals surface area contributed by atoms with E-state index in [1.54, 1.807) is 0 Å². The molecule has 1 unspecified atom stereocenters. The molecule has 0 fully saturated rings. The highest BCUT2D eigenvalue weighted by Gasteiger charge is 2.19. The molecule has 0 heterocycles. The smallest absolute Gasteiger partial charge is 0.306 e. The molecule has 62 heavy (non-hydrogen) atoms. The number of rotatable bonds is 45. The van der Waals surface area contributed by atoms with E-state index >= 15 is 0 Å². The molecule has 0 aromatic carbocycles. The van der Waals surface area contributed by atoms with Crippen LogP contribution in [0.1, 0.15) is 233 Å². The van der Waals surface area contributed by atoms with Gasteiger partial charge in [0.05, 0.1) is 0 Å². The third-order valence-corrected chi connectivity index (χ3v) is 10.6. The monoisotopic (exact) mass is 863 g/mol. The Kier molecular flexibility index (Phi) is 47.5. The second kappa shape index (κ2) is 50.2. The standard InChI is InChI=1S/C56H94O6/c1-4-7-10-13-16-18-20-22-24-25-26-27-28-29-30-31-32-34-35-37-40-43-46-49-55(58)61-52-53(51-60-54(57)48-45-42-39-15-12-9-6-3)62-56(59)50-47-44-41-38-36-33-23-21-19-17-14-11-8-5-2/h7,10,16,18,21-24,26-27,29-30,32,34,53H,4-6,8-9,11-15,17,19-20,25,28,31,33,35-52H2,1-3H3/b10-7-,18-16-,23-21-,24-22-,27-26-,30-29-,34-32-. The third kappa shape index (κ3) is 47.6. The van der Waals surface area contributed by atoms with Gasteiger partial charge in [-0.2, -0.15) is 0 Å². The molecule has 0 aliphatic heterocycles. The van der Waals surface area contributed by atoms with Crippen molar-refractivity contribution in [3.63, 3.8) is 0 Å². The second-order valence-electron chi connectivity index (χ2n) is 16.7. The van der Waals surface area contributed by atoms with Crippen molar-refractivity contribution in [1.29, 1.82) is 0 Å². The Morgan fingerprint density at radius 3 is 1.00 bits per heavy atom. The fourth-order valence-electron chi connectivity index (χ4n) is 6.79. The first-order chi connectivity index (χ1) is 30.5. The van der Waals surface area contributed by atoms with Gasteiger partial charge in [-0.3, -0.25) is 14.4 Å². The van der Waals surface area contributed by atoms with Gasteiger partial charge in [0.15, 0.2) is 6.10 Å². The summed E-state index contributed by atoms with van der Waals surface area (Å²) in [6, 6.07) is 0. The molecule has 6 nitrogen and oxygen atoms in total. The van der Waals surface area contributed by atoms with Crippen LogP contribution in [0.2, 0.25) is 0 Å². The van der Waals surface area contributed by atoms with Crippen molar-refractivity contribution in [2.24, 2.45) is 0 Å². The molecule has 0 bridgehead atoms. The lowest BCUT2D eigenvalue weighted by Crippen LogP contribution is -2.30. The molecule has 0 rings (SSSR count). The molecule has 0 spiro atoms. The summed E-state index contributed by atoms with van der Waals surface area (Å²) in [5.41, 5.74) is 0. The number of carbonyl (C=O) groups is 3. The van der Waals surface area contributed by atoms with Crippen molar-refractivity contribution < 1.29 is 28.6 Å². The van der Waals surface area contributed by atoms with Gasteiger partial charge in [-0.15, -0.1) is 0 Å². The van der Waals surface area contributed by atoms with Crippen LogP contribution in [-0.4, -0.2) is 37.2 Å². The molecule has 0 amide bonds. The lowest BCUT2D eigenvalue weighted by molar-refractivity contribution is -0.167. The predicted octanol–water partition coefficient (Wildman–Crippen LogP) is 16.8. The number of carbonyl (C=O) groups excluding carboxylic acids is 3. The van der Waals surface area contributed by atoms with E-state index in [0.717, 1.165) is 122 Å². The molecular weight excluding hydrogens is 769 g/mol.